The largest absolute Gasteiger partial charge is 0.370 e. The molecule has 0 spiro atoms. The summed E-state index contributed by atoms with van der Waals surface area (Å²) in [6.07, 6.45) is 2.45. The molecule has 3 heterocycles. The lowest BCUT2D eigenvalue weighted by molar-refractivity contribution is 0.389. The van der Waals surface area contributed by atoms with E-state index in [1.807, 2.05) is 32.9 Å². The fourth-order valence-corrected chi connectivity index (χ4v) is 2.90. The molecule has 0 amide bonds. The third-order valence-electron chi connectivity index (χ3n) is 4.07. The Morgan fingerprint density at radius 2 is 1.91 bits per heavy atom. The number of rotatable bonds is 4. The smallest absolute Gasteiger partial charge is 0.252 e. The van der Waals surface area contributed by atoms with Crippen molar-refractivity contribution >= 4 is 5.82 Å². The summed E-state index contributed by atoms with van der Waals surface area (Å²) in [6, 6.07) is 4.03. The topological polar surface area (TPSA) is 67.7 Å². The lowest BCUT2D eigenvalue weighted by Crippen LogP contribution is -2.31. The molecule has 1 aliphatic heterocycles. The van der Waals surface area contributed by atoms with E-state index in [0.717, 1.165) is 42.5 Å². The molecule has 0 aliphatic carbocycles. The Bertz CT molecular complexity index is 642. The summed E-state index contributed by atoms with van der Waals surface area (Å²) in [5, 5.41) is 11.3. The molecule has 2 aromatic heterocycles. The minimum atomic E-state index is 0.637. The van der Waals surface area contributed by atoms with Gasteiger partial charge < -0.3 is 10.6 Å². The second-order valence-electron chi connectivity index (χ2n) is 6.11. The fraction of sp³-hybridized carbons (Fsp3) is 0.562. The maximum absolute atomic E-state index is 4.63. The zero-order chi connectivity index (χ0) is 15.5. The molecule has 1 aliphatic rings. The predicted octanol–water partition coefficient (Wildman–Crippen LogP) is 2.00. The van der Waals surface area contributed by atoms with Crippen molar-refractivity contribution in [3.05, 3.63) is 29.2 Å². The van der Waals surface area contributed by atoms with Gasteiger partial charge in [-0.25, -0.2) is 9.67 Å². The fourth-order valence-electron chi connectivity index (χ4n) is 2.90. The van der Waals surface area contributed by atoms with Crippen LogP contribution in [0.4, 0.5) is 5.82 Å². The van der Waals surface area contributed by atoms with Gasteiger partial charge in [-0.1, -0.05) is 0 Å². The number of aromatic nitrogens is 4. The minimum absolute atomic E-state index is 0.637. The SMILES string of the molecule is Cc1cc(NCC2CCNCC2)nc(-n2nc(C)cc2C)n1. The molecule has 0 unspecified atom stereocenters. The van der Waals surface area contributed by atoms with Crippen molar-refractivity contribution in [3.8, 4) is 5.95 Å². The molecule has 6 heteroatoms. The van der Waals surface area contributed by atoms with E-state index in [1.54, 1.807) is 4.68 Å². The van der Waals surface area contributed by atoms with E-state index in [0.29, 0.717) is 11.9 Å². The molecule has 0 bridgehead atoms. The van der Waals surface area contributed by atoms with Crippen LogP contribution in [-0.4, -0.2) is 39.4 Å². The van der Waals surface area contributed by atoms with Crippen LogP contribution >= 0.6 is 0 Å². The maximum Gasteiger partial charge on any atom is 0.252 e. The molecule has 22 heavy (non-hydrogen) atoms. The molecule has 2 aromatic rings. The molecule has 3 rings (SSSR count). The summed E-state index contributed by atoms with van der Waals surface area (Å²) in [7, 11) is 0. The van der Waals surface area contributed by atoms with Crippen molar-refractivity contribution in [2.45, 2.75) is 33.6 Å². The molecule has 0 atom stereocenters. The summed E-state index contributed by atoms with van der Waals surface area (Å²) in [4.78, 5) is 9.14. The molecule has 1 fully saturated rings. The van der Waals surface area contributed by atoms with Crippen LogP contribution in [0.3, 0.4) is 0 Å². The van der Waals surface area contributed by atoms with Crippen molar-refractivity contribution in [1.29, 1.82) is 0 Å². The highest BCUT2D eigenvalue weighted by Gasteiger charge is 2.14. The number of piperidine rings is 1. The van der Waals surface area contributed by atoms with Crippen LogP contribution < -0.4 is 10.6 Å². The van der Waals surface area contributed by atoms with Gasteiger partial charge in [0, 0.05) is 24.0 Å². The molecule has 1 saturated heterocycles. The summed E-state index contributed by atoms with van der Waals surface area (Å²) in [5.74, 6) is 2.24. The Kier molecular flexibility index (Phi) is 4.38. The standard InChI is InChI=1S/C16H24N6/c1-11-9-15(18-10-14-4-6-17-7-5-14)20-16(19-11)22-13(3)8-12(2)21-22/h8-9,14,17H,4-7,10H2,1-3H3,(H,18,19,20). The van der Waals surface area contributed by atoms with Gasteiger partial charge in [0.05, 0.1) is 5.69 Å². The van der Waals surface area contributed by atoms with Crippen LogP contribution in [0.1, 0.15) is 29.9 Å². The van der Waals surface area contributed by atoms with Gasteiger partial charge in [0.15, 0.2) is 0 Å². The van der Waals surface area contributed by atoms with E-state index in [1.165, 1.54) is 12.8 Å². The van der Waals surface area contributed by atoms with Gasteiger partial charge in [0.1, 0.15) is 5.82 Å². The molecular weight excluding hydrogens is 276 g/mol. The van der Waals surface area contributed by atoms with Crippen molar-refractivity contribution in [1.82, 2.24) is 25.1 Å². The lowest BCUT2D eigenvalue weighted by Gasteiger charge is -2.23. The average Bonchev–Trinajstić information content (AvgIpc) is 2.84. The summed E-state index contributed by atoms with van der Waals surface area (Å²) < 4.78 is 1.80. The van der Waals surface area contributed by atoms with E-state index in [-0.39, 0.29) is 0 Å². The number of aryl methyl sites for hydroxylation is 3. The average molecular weight is 300 g/mol. The van der Waals surface area contributed by atoms with Crippen LogP contribution in [0.15, 0.2) is 12.1 Å². The van der Waals surface area contributed by atoms with Gasteiger partial charge in [-0.3, -0.25) is 0 Å². The molecule has 0 saturated carbocycles. The zero-order valence-corrected chi connectivity index (χ0v) is 13.6. The van der Waals surface area contributed by atoms with Gasteiger partial charge >= 0.3 is 0 Å². The van der Waals surface area contributed by atoms with Crippen molar-refractivity contribution < 1.29 is 0 Å². The highest BCUT2D eigenvalue weighted by Crippen LogP contribution is 2.15. The van der Waals surface area contributed by atoms with E-state index in [9.17, 15) is 0 Å². The third kappa shape index (κ3) is 3.44. The third-order valence-corrected chi connectivity index (χ3v) is 4.07. The van der Waals surface area contributed by atoms with Crippen molar-refractivity contribution in [2.24, 2.45) is 5.92 Å². The quantitative estimate of drug-likeness (QED) is 0.904. The Labute approximate surface area is 131 Å². The molecule has 0 aromatic carbocycles. The van der Waals surface area contributed by atoms with Gasteiger partial charge in [-0.05, 0) is 58.7 Å². The number of nitrogens with one attached hydrogen (secondary N) is 2. The van der Waals surface area contributed by atoms with Crippen LogP contribution in [0.25, 0.3) is 5.95 Å². The Hall–Kier alpha value is -1.95. The monoisotopic (exact) mass is 300 g/mol. The van der Waals surface area contributed by atoms with Crippen LogP contribution in [0.2, 0.25) is 0 Å². The first kappa shape index (κ1) is 15.0. The highest BCUT2D eigenvalue weighted by atomic mass is 15.4. The Balaban J connectivity index is 1.76. The first-order valence-corrected chi connectivity index (χ1v) is 7.96. The molecule has 118 valence electrons. The van der Waals surface area contributed by atoms with Crippen molar-refractivity contribution in [2.75, 3.05) is 25.0 Å². The first-order chi connectivity index (χ1) is 10.6. The molecule has 2 N–H and O–H groups in total. The van der Waals surface area contributed by atoms with E-state index in [2.05, 4.69) is 25.7 Å². The normalized spacial score (nSPS) is 16.0. The van der Waals surface area contributed by atoms with E-state index < -0.39 is 0 Å². The second kappa shape index (κ2) is 6.44. The van der Waals surface area contributed by atoms with Crippen LogP contribution in [-0.2, 0) is 0 Å². The predicted molar refractivity (Wildman–Crippen MR) is 87.4 cm³/mol. The van der Waals surface area contributed by atoms with Gasteiger partial charge in [-0.2, -0.15) is 10.1 Å². The summed E-state index contributed by atoms with van der Waals surface area (Å²) in [6.45, 7) is 9.20. The number of hydrogen-bond donors (Lipinski definition) is 2. The van der Waals surface area contributed by atoms with Gasteiger partial charge in [0.25, 0.3) is 5.95 Å². The Morgan fingerprint density at radius 3 is 2.59 bits per heavy atom. The van der Waals surface area contributed by atoms with E-state index in [4.69, 9.17) is 0 Å². The molecular formula is C16H24N6. The number of nitrogens with zero attached hydrogens (tertiary/aromatic N) is 4. The maximum atomic E-state index is 4.63. The minimum Gasteiger partial charge on any atom is -0.370 e. The summed E-state index contributed by atoms with van der Waals surface area (Å²) in [5.41, 5.74) is 2.98. The molecule has 6 nitrogen and oxygen atoms in total. The second-order valence-corrected chi connectivity index (χ2v) is 6.11. The lowest BCUT2D eigenvalue weighted by atomic mass is 9.98. The molecule has 0 radical (unpaired) electrons. The first-order valence-electron chi connectivity index (χ1n) is 7.96. The van der Waals surface area contributed by atoms with Gasteiger partial charge in [0.2, 0.25) is 0 Å². The van der Waals surface area contributed by atoms with E-state index >= 15 is 0 Å². The number of anilines is 1. The van der Waals surface area contributed by atoms with Crippen LogP contribution in [0, 0.1) is 26.7 Å². The summed E-state index contributed by atoms with van der Waals surface area (Å²) >= 11 is 0. The Morgan fingerprint density at radius 1 is 1.14 bits per heavy atom. The zero-order valence-electron chi connectivity index (χ0n) is 13.6. The highest BCUT2D eigenvalue weighted by molar-refractivity contribution is 5.39. The van der Waals surface area contributed by atoms with Gasteiger partial charge in [-0.15, -0.1) is 0 Å². The number of hydrogen-bond acceptors (Lipinski definition) is 5. The van der Waals surface area contributed by atoms with Crippen molar-refractivity contribution in [3.63, 3.8) is 0 Å². The van der Waals surface area contributed by atoms with Crippen LogP contribution in [0.5, 0.6) is 0 Å².